The van der Waals surface area contributed by atoms with Gasteiger partial charge in [0.2, 0.25) is 11.8 Å². The van der Waals surface area contributed by atoms with Crippen LogP contribution in [-0.4, -0.2) is 11.8 Å². The van der Waals surface area contributed by atoms with Crippen LogP contribution in [0.2, 0.25) is 5.02 Å². The fourth-order valence-corrected chi connectivity index (χ4v) is 3.62. The molecule has 2 N–H and O–H groups in total. The lowest BCUT2D eigenvalue weighted by Crippen LogP contribution is -2.32. The number of hydrogen-bond donors (Lipinski definition) is 2. The van der Waals surface area contributed by atoms with Crippen LogP contribution in [0.1, 0.15) is 31.2 Å². The number of carbonyl (C=O) groups is 2. The van der Waals surface area contributed by atoms with Crippen molar-refractivity contribution in [2.75, 3.05) is 10.6 Å². The smallest absolute Gasteiger partial charge is 0.227 e. The number of aryl methyl sites for hydroxylation is 1. The van der Waals surface area contributed by atoms with Crippen molar-refractivity contribution < 1.29 is 14.0 Å². The molecule has 27 heavy (non-hydrogen) atoms. The summed E-state index contributed by atoms with van der Waals surface area (Å²) < 4.78 is 12.9. The second kappa shape index (κ2) is 8.53. The van der Waals surface area contributed by atoms with Gasteiger partial charge in [-0.2, -0.15) is 0 Å². The van der Waals surface area contributed by atoms with Crippen LogP contribution in [-0.2, 0) is 9.59 Å². The predicted octanol–water partition coefficient (Wildman–Crippen LogP) is 5.17. The van der Waals surface area contributed by atoms with Gasteiger partial charge in [0.25, 0.3) is 0 Å². The number of halogens is 2. The van der Waals surface area contributed by atoms with Crippen LogP contribution < -0.4 is 10.6 Å². The van der Waals surface area contributed by atoms with Crippen LogP contribution in [0.25, 0.3) is 0 Å². The molecule has 2 amide bonds. The van der Waals surface area contributed by atoms with Gasteiger partial charge in [-0.1, -0.05) is 11.6 Å². The zero-order chi connectivity index (χ0) is 19.4. The van der Waals surface area contributed by atoms with Gasteiger partial charge in [-0.25, -0.2) is 4.39 Å². The molecule has 2 aromatic carbocycles. The van der Waals surface area contributed by atoms with Crippen LogP contribution in [0.15, 0.2) is 42.5 Å². The first-order valence-corrected chi connectivity index (χ1v) is 9.43. The molecule has 0 spiro atoms. The fraction of sp³-hybridized carbons (Fsp3) is 0.333. The van der Waals surface area contributed by atoms with Gasteiger partial charge in [-0.15, -0.1) is 0 Å². The zero-order valence-corrected chi connectivity index (χ0v) is 15.9. The molecule has 142 valence electrons. The summed E-state index contributed by atoms with van der Waals surface area (Å²) in [6, 6.07) is 11.1. The number of rotatable bonds is 4. The van der Waals surface area contributed by atoms with E-state index in [4.69, 9.17) is 11.6 Å². The summed E-state index contributed by atoms with van der Waals surface area (Å²) in [4.78, 5) is 24.9. The van der Waals surface area contributed by atoms with E-state index in [1.54, 1.807) is 24.3 Å². The Kier molecular flexibility index (Phi) is 6.11. The van der Waals surface area contributed by atoms with Gasteiger partial charge >= 0.3 is 0 Å². The van der Waals surface area contributed by atoms with Gasteiger partial charge in [-0.3, -0.25) is 9.59 Å². The monoisotopic (exact) mass is 388 g/mol. The molecular weight excluding hydrogens is 367 g/mol. The van der Waals surface area contributed by atoms with E-state index < -0.39 is 0 Å². The highest BCUT2D eigenvalue weighted by Crippen LogP contribution is 2.31. The SMILES string of the molecule is Cc1cc(Cl)ccc1NC(=O)C1CCC(C(=O)Nc2ccc(F)cc2)CC1. The van der Waals surface area contributed by atoms with Crippen molar-refractivity contribution >= 4 is 34.8 Å². The molecule has 4 nitrogen and oxygen atoms in total. The molecular formula is C21H22ClFN2O2. The van der Waals surface area contributed by atoms with Gasteiger partial charge in [0.15, 0.2) is 0 Å². The summed E-state index contributed by atoms with van der Waals surface area (Å²) >= 11 is 5.94. The quantitative estimate of drug-likeness (QED) is 0.758. The molecule has 2 aromatic rings. The van der Waals surface area contributed by atoms with Crippen molar-refractivity contribution in [2.24, 2.45) is 11.8 Å². The Morgan fingerprint density at radius 1 is 0.926 bits per heavy atom. The molecule has 0 saturated heterocycles. The van der Waals surface area contributed by atoms with Crippen LogP contribution in [0.4, 0.5) is 15.8 Å². The Morgan fingerprint density at radius 3 is 2.04 bits per heavy atom. The molecule has 1 aliphatic rings. The van der Waals surface area contributed by atoms with E-state index >= 15 is 0 Å². The van der Waals surface area contributed by atoms with Gasteiger partial charge < -0.3 is 10.6 Å². The molecule has 1 fully saturated rings. The van der Waals surface area contributed by atoms with E-state index in [0.717, 1.165) is 11.3 Å². The molecule has 0 aliphatic heterocycles. The summed E-state index contributed by atoms with van der Waals surface area (Å²) in [5.74, 6) is -0.659. The van der Waals surface area contributed by atoms with E-state index in [1.807, 2.05) is 13.0 Å². The summed E-state index contributed by atoms with van der Waals surface area (Å²) in [6.07, 6.45) is 2.65. The lowest BCUT2D eigenvalue weighted by molar-refractivity contribution is -0.125. The topological polar surface area (TPSA) is 58.2 Å². The third kappa shape index (κ3) is 5.07. The van der Waals surface area contributed by atoms with Gasteiger partial charge in [0.1, 0.15) is 5.82 Å². The maximum Gasteiger partial charge on any atom is 0.227 e. The van der Waals surface area contributed by atoms with Crippen LogP contribution >= 0.6 is 11.6 Å². The van der Waals surface area contributed by atoms with Gasteiger partial charge in [-0.05, 0) is 80.6 Å². The Bertz CT molecular complexity index is 831. The highest BCUT2D eigenvalue weighted by atomic mass is 35.5. The Hall–Kier alpha value is -2.40. The fourth-order valence-electron chi connectivity index (χ4n) is 3.40. The summed E-state index contributed by atoms with van der Waals surface area (Å²) in [7, 11) is 0. The van der Waals surface area contributed by atoms with Crippen molar-refractivity contribution in [1.29, 1.82) is 0 Å². The molecule has 6 heteroatoms. The standard InChI is InChI=1S/C21H22ClFN2O2/c1-13-12-16(22)6-11-19(13)25-21(27)15-4-2-14(3-5-15)20(26)24-18-9-7-17(23)8-10-18/h6-12,14-15H,2-5H2,1H3,(H,24,26)(H,25,27). The number of amides is 2. The maximum absolute atomic E-state index is 12.9. The first kappa shape index (κ1) is 19.4. The minimum Gasteiger partial charge on any atom is -0.326 e. The second-order valence-electron chi connectivity index (χ2n) is 6.99. The normalized spacial score (nSPS) is 19.4. The molecule has 0 aromatic heterocycles. The number of hydrogen-bond acceptors (Lipinski definition) is 2. The number of nitrogens with one attached hydrogen (secondary N) is 2. The Balaban J connectivity index is 1.51. The van der Waals surface area contributed by atoms with Crippen molar-refractivity contribution in [1.82, 2.24) is 0 Å². The van der Waals surface area contributed by atoms with Gasteiger partial charge in [0.05, 0.1) is 0 Å². The second-order valence-corrected chi connectivity index (χ2v) is 7.43. The summed E-state index contributed by atoms with van der Waals surface area (Å²) in [5.41, 5.74) is 2.27. The van der Waals surface area contributed by atoms with Crippen LogP contribution in [0, 0.1) is 24.6 Å². The van der Waals surface area contributed by atoms with Crippen LogP contribution in [0.3, 0.4) is 0 Å². The average molecular weight is 389 g/mol. The minimum absolute atomic E-state index is 0.0159. The van der Waals surface area contributed by atoms with E-state index in [1.165, 1.54) is 12.1 Å². The number of benzene rings is 2. The lowest BCUT2D eigenvalue weighted by atomic mass is 9.81. The minimum atomic E-state index is -0.338. The van der Waals surface area contributed by atoms with Crippen LogP contribution in [0.5, 0.6) is 0 Å². The van der Waals surface area contributed by atoms with Gasteiger partial charge in [0, 0.05) is 28.2 Å². The molecule has 0 atom stereocenters. The van der Waals surface area contributed by atoms with E-state index in [9.17, 15) is 14.0 Å². The van der Waals surface area contributed by atoms with Crippen molar-refractivity contribution in [2.45, 2.75) is 32.6 Å². The molecule has 3 rings (SSSR count). The summed E-state index contributed by atoms with van der Waals surface area (Å²) in [6.45, 7) is 1.90. The Labute approximate surface area is 163 Å². The van der Waals surface area contributed by atoms with E-state index in [-0.39, 0.29) is 29.5 Å². The lowest BCUT2D eigenvalue weighted by Gasteiger charge is -2.27. The third-order valence-corrected chi connectivity index (χ3v) is 5.26. The number of anilines is 2. The first-order valence-electron chi connectivity index (χ1n) is 9.06. The molecule has 0 heterocycles. The molecule has 0 unspecified atom stereocenters. The van der Waals surface area contributed by atoms with E-state index in [0.29, 0.717) is 36.4 Å². The molecule has 0 radical (unpaired) electrons. The average Bonchev–Trinajstić information content (AvgIpc) is 2.66. The highest BCUT2D eigenvalue weighted by Gasteiger charge is 2.30. The largest absolute Gasteiger partial charge is 0.326 e. The predicted molar refractivity (Wildman–Crippen MR) is 105 cm³/mol. The summed E-state index contributed by atoms with van der Waals surface area (Å²) in [5, 5.41) is 6.42. The Morgan fingerprint density at radius 2 is 1.48 bits per heavy atom. The molecule has 0 bridgehead atoms. The third-order valence-electron chi connectivity index (χ3n) is 5.03. The van der Waals surface area contributed by atoms with Crippen molar-refractivity contribution in [3.63, 3.8) is 0 Å². The molecule has 1 aliphatic carbocycles. The van der Waals surface area contributed by atoms with E-state index in [2.05, 4.69) is 10.6 Å². The molecule has 1 saturated carbocycles. The van der Waals surface area contributed by atoms with Crippen molar-refractivity contribution in [3.8, 4) is 0 Å². The first-order chi connectivity index (χ1) is 12.9. The van der Waals surface area contributed by atoms with Crippen molar-refractivity contribution in [3.05, 3.63) is 58.9 Å². The number of carbonyl (C=O) groups excluding carboxylic acids is 2. The highest BCUT2D eigenvalue weighted by molar-refractivity contribution is 6.30. The zero-order valence-electron chi connectivity index (χ0n) is 15.1. The maximum atomic E-state index is 12.9.